The summed E-state index contributed by atoms with van der Waals surface area (Å²) < 4.78 is 0. The van der Waals surface area contributed by atoms with Gasteiger partial charge in [-0.1, -0.05) is 6.92 Å². The maximum atomic E-state index is 10.6. The smallest absolute Gasteiger partial charge is 0.317 e. The number of carbonyl (C=O) groups is 1. The number of carboxylic acids is 1. The summed E-state index contributed by atoms with van der Waals surface area (Å²) in [5.74, 6) is -0.712. The Morgan fingerprint density at radius 2 is 1.88 bits per heavy atom. The molecule has 0 aromatic rings. The zero-order valence-corrected chi connectivity index (χ0v) is 10.3. The predicted octanol–water partition coefficient (Wildman–Crippen LogP) is 0.877. The highest BCUT2D eigenvalue weighted by Gasteiger charge is 2.45. The van der Waals surface area contributed by atoms with Gasteiger partial charge in [-0.3, -0.25) is 14.6 Å². The van der Waals surface area contributed by atoms with E-state index in [0.29, 0.717) is 11.5 Å². The van der Waals surface area contributed by atoms with Gasteiger partial charge in [-0.05, 0) is 25.2 Å². The predicted molar refractivity (Wildman–Crippen MR) is 62.5 cm³/mol. The van der Waals surface area contributed by atoms with E-state index in [1.165, 1.54) is 12.8 Å². The van der Waals surface area contributed by atoms with Gasteiger partial charge in [-0.15, -0.1) is 0 Å². The number of piperazine rings is 1. The van der Waals surface area contributed by atoms with Crippen molar-refractivity contribution in [2.24, 2.45) is 5.41 Å². The zero-order valence-electron chi connectivity index (χ0n) is 10.3. The second-order valence-electron chi connectivity index (χ2n) is 5.54. The van der Waals surface area contributed by atoms with Gasteiger partial charge >= 0.3 is 5.97 Å². The van der Waals surface area contributed by atoms with E-state index >= 15 is 0 Å². The Labute approximate surface area is 97.2 Å². The van der Waals surface area contributed by atoms with Crippen molar-refractivity contribution in [3.63, 3.8) is 0 Å². The first-order chi connectivity index (χ1) is 7.51. The highest BCUT2D eigenvalue weighted by atomic mass is 16.4. The van der Waals surface area contributed by atoms with Crippen LogP contribution in [-0.4, -0.2) is 59.6 Å². The largest absolute Gasteiger partial charge is 0.480 e. The summed E-state index contributed by atoms with van der Waals surface area (Å²) in [6.07, 6.45) is 2.70. The summed E-state index contributed by atoms with van der Waals surface area (Å²) in [5, 5.41) is 8.72. The Balaban J connectivity index is 1.78. The third kappa shape index (κ3) is 2.55. The summed E-state index contributed by atoms with van der Waals surface area (Å²) >= 11 is 0. The molecule has 16 heavy (non-hydrogen) atoms. The maximum absolute atomic E-state index is 10.6. The van der Waals surface area contributed by atoms with Crippen LogP contribution in [0.1, 0.15) is 26.7 Å². The molecule has 0 spiro atoms. The van der Waals surface area contributed by atoms with Crippen LogP contribution < -0.4 is 0 Å². The van der Waals surface area contributed by atoms with Gasteiger partial charge in [-0.25, -0.2) is 0 Å². The normalized spacial score (nSPS) is 27.6. The fourth-order valence-corrected chi connectivity index (χ4v) is 2.56. The molecular weight excluding hydrogens is 204 g/mol. The van der Waals surface area contributed by atoms with Gasteiger partial charge in [0.25, 0.3) is 0 Å². The van der Waals surface area contributed by atoms with Crippen LogP contribution >= 0.6 is 0 Å². The van der Waals surface area contributed by atoms with Crippen molar-refractivity contribution in [2.45, 2.75) is 32.7 Å². The first-order valence-corrected chi connectivity index (χ1v) is 6.19. The lowest BCUT2D eigenvalue weighted by molar-refractivity contribution is -0.138. The minimum absolute atomic E-state index is 0.194. The molecule has 0 amide bonds. The molecule has 1 saturated carbocycles. The number of carboxylic acid groups (broad SMARTS) is 1. The van der Waals surface area contributed by atoms with E-state index in [4.69, 9.17) is 5.11 Å². The highest BCUT2D eigenvalue weighted by molar-refractivity contribution is 5.69. The molecule has 1 aliphatic heterocycles. The summed E-state index contributed by atoms with van der Waals surface area (Å²) in [6, 6.07) is 0.652. The van der Waals surface area contributed by atoms with Crippen molar-refractivity contribution in [1.29, 1.82) is 0 Å². The van der Waals surface area contributed by atoms with Gasteiger partial charge in [0, 0.05) is 32.2 Å². The molecular formula is C12H22N2O2. The van der Waals surface area contributed by atoms with Gasteiger partial charge < -0.3 is 5.11 Å². The number of nitrogens with zero attached hydrogens (tertiary/aromatic N) is 2. The second-order valence-corrected chi connectivity index (χ2v) is 5.54. The molecule has 2 rings (SSSR count). The topological polar surface area (TPSA) is 43.8 Å². The fraction of sp³-hybridized carbons (Fsp3) is 0.917. The third-order valence-corrected chi connectivity index (χ3v) is 4.36. The monoisotopic (exact) mass is 226 g/mol. The van der Waals surface area contributed by atoms with Gasteiger partial charge in [0.15, 0.2) is 0 Å². The second kappa shape index (κ2) is 4.34. The lowest BCUT2D eigenvalue weighted by Crippen LogP contribution is -2.52. The minimum atomic E-state index is -0.712. The van der Waals surface area contributed by atoms with Gasteiger partial charge in [0.1, 0.15) is 0 Å². The van der Waals surface area contributed by atoms with Crippen LogP contribution in [0.25, 0.3) is 0 Å². The van der Waals surface area contributed by atoms with Gasteiger partial charge in [0.05, 0.1) is 6.54 Å². The molecule has 1 saturated heterocycles. The molecule has 0 aromatic carbocycles. The van der Waals surface area contributed by atoms with E-state index in [2.05, 4.69) is 18.7 Å². The van der Waals surface area contributed by atoms with E-state index in [1.807, 2.05) is 4.90 Å². The number of hydrogen-bond donors (Lipinski definition) is 1. The third-order valence-electron chi connectivity index (χ3n) is 4.36. The molecule has 0 bridgehead atoms. The average molecular weight is 226 g/mol. The molecule has 1 N–H and O–H groups in total. The van der Waals surface area contributed by atoms with Crippen LogP contribution in [0.4, 0.5) is 0 Å². The fourth-order valence-electron chi connectivity index (χ4n) is 2.56. The van der Waals surface area contributed by atoms with E-state index in [-0.39, 0.29) is 6.54 Å². The summed E-state index contributed by atoms with van der Waals surface area (Å²) in [6.45, 7) is 8.70. The number of hydrogen-bond acceptors (Lipinski definition) is 3. The Hall–Kier alpha value is -0.610. The molecule has 1 aliphatic carbocycles. The minimum Gasteiger partial charge on any atom is -0.480 e. The maximum Gasteiger partial charge on any atom is 0.317 e. The van der Waals surface area contributed by atoms with E-state index in [9.17, 15) is 4.79 Å². The van der Waals surface area contributed by atoms with Gasteiger partial charge in [-0.2, -0.15) is 0 Å². The van der Waals surface area contributed by atoms with E-state index in [1.54, 1.807) is 0 Å². The van der Waals surface area contributed by atoms with E-state index in [0.717, 1.165) is 26.2 Å². The summed E-state index contributed by atoms with van der Waals surface area (Å²) in [5.41, 5.74) is 0.537. The first-order valence-electron chi connectivity index (χ1n) is 6.19. The molecule has 0 aromatic heterocycles. The van der Waals surface area contributed by atoms with Crippen molar-refractivity contribution >= 4 is 5.97 Å². The first kappa shape index (κ1) is 11.9. The van der Waals surface area contributed by atoms with Crippen molar-refractivity contribution < 1.29 is 9.90 Å². The lowest BCUT2D eigenvalue weighted by Gasteiger charge is -2.39. The average Bonchev–Trinajstić information content (AvgIpc) is 2.97. The van der Waals surface area contributed by atoms with Crippen molar-refractivity contribution in [3.8, 4) is 0 Å². The van der Waals surface area contributed by atoms with Crippen LogP contribution in [0.3, 0.4) is 0 Å². The van der Waals surface area contributed by atoms with Gasteiger partial charge in [0.2, 0.25) is 0 Å². The Bertz CT molecular complexity index is 268. The van der Waals surface area contributed by atoms with Crippen molar-refractivity contribution in [3.05, 3.63) is 0 Å². The molecule has 92 valence electrons. The molecule has 4 heteroatoms. The molecule has 0 radical (unpaired) electrons. The van der Waals surface area contributed by atoms with Crippen LogP contribution in [0, 0.1) is 5.41 Å². The Kier molecular flexibility index (Phi) is 3.22. The Morgan fingerprint density at radius 1 is 1.31 bits per heavy atom. The van der Waals surface area contributed by atoms with Crippen LogP contribution in [0.5, 0.6) is 0 Å². The van der Waals surface area contributed by atoms with Crippen LogP contribution in [0.2, 0.25) is 0 Å². The lowest BCUT2D eigenvalue weighted by atomic mass is 9.98. The Morgan fingerprint density at radius 3 is 2.31 bits per heavy atom. The summed E-state index contributed by atoms with van der Waals surface area (Å²) in [4.78, 5) is 15.1. The SMILES string of the molecule is CC(N1CCN(CC(=O)O)CC1)C1(C)CC1. The standard InChI is InChI=1S/C12H22N2O2/c1-10(12(2)3-4-12)14-7-5-13(6-8-14)9-11(15)16/h10H,3-9H2,1-2H3,(H,15,16). The zero-order chi connectivity index (χ0) is 11.8. The molecule has 1 atom stereocenters. The molecule has 4 nitrogen and oxygen atoms in total. The number of aliphatic carboxylic acids is 1. The van der Waals surface area contributed by atoms with Crippen molar-refractivity contribution in [1.82, 2.24) is 9.80 Å². The molecule has 1 heterocycles. The molecule has 1 unspecified atom stereocenters. The van der Waals surface area contributed by atoms with Crippen LogP contribution in [0.15, 0.2) is 0 Å². The quantitative estimate of drug-likeness (QED) is 0.773. The highest BCUT2D eigenvalue weighted by Crippen LogP contribution is 2.49. The van der Waals surface area contributed by atoms with Crippen molar-refractivity contribution in [2.75, 3.05) is 32.7 Å². The van der Waals surface area contributed by atoms with Crippen LogP contribution in [-0.2, 0) is 4.79 Å². The van der Waals surface area contributed by atoms with E-state index < -0.39 is 5.97 Å². The number of rotatable bonds is 4. The molecule has 2 fully saturated rings. The molecule has 2 aliphatic rings. The summed E-state index contributed by atoms with van der Waals surface area (Å²) in [7, 11) is 0.